The summed E-state index contributed by atoms with van der Waals surface area (Å²) in [4.78, 5) is 13.8. The molecule has 0 radical (unpaired) electrons. The predicted molar refractivity (Wildman–Crippen MR) is 85.6 cm³/mol. The monoisotopic (exact) mass is 304 g/mol. The Morgan fingerprint density at radius 1 is 1.33 bits per heavy atom. The Balaban J connectivity index is 1.94. The van der Waals surface area contributed by atoms with Gasteiger partial charge in [-0.25, -0.2) is 4.79 Å². The zero-order chi connectivity index (χ0) is 15.2. The number of anilines is 1. The third-order valence-electron chi connectivity index (χ3n) is 3.16. The van der Waals surface area contributed by atoms with E-state index in [2.05, 4.69) is 22.4 Å². The molecule has 0 spiro atoms. The SMILES string of the molecule is CCCc1nnc(NC(=O)N(C)Cc2ccccc2C)s1. The van der Waals surface area contributed by atoms with Gasteiger partial charge in [-0.05, 0) is 24.5 Å². The number of carbonyl (C=O) groups is 1. The van der Waals surface area contributed by atoms with E-state index in [1.165, 1.54) is 16.9 Å². The molecule has 1 N–H and O–H groups in total. The second-order valence-electron chi connectivity index (χ2n) is 4.96. The van der Waals surface area contributed by atoms with E-state index in [4.69, 9.17) is 0 Å². The lowest BCUT2D eigenvalue weighted by molar-refractivity contribution is 0.220. The maximum atomic E-state index is 12.1. The predicted octanol–water partition coefficient (Wildman–Crippen LogP) is 3.46. The van der Waals surface area contributed by atoms with Crippen LogP contribution in [0.1, 0.15) is 29.5 Å². The third kappa shape index (κ3) is 4.26. The maximum absolute atomic E-state index is 12.1. The number of rotatable bonds is 5. The lowest BCUT2D eigenvalue weighted by Crippen LogP contribution is -2.31. The second-order valence-corrected chi connectivity index (χ2v) is 6.03. The Morgan fingerprint density at radius 2 is 2.10 bits per heavy atom. The number of aromatic nitrogens is 2. The number of amides is 2. The van der Waals surface area contributed by atoms with Gasteiger partial charge in [-0.3, -0.25) is 5.32 Å². The molecule has 112 valence electrons. The number of aryl methyl sites for hydroxylation is 2. The fourth-order valence-electron chi connectivity index (χ4n) is 1.92. The van der Waals surface area contributed by atoms with E-state index in [1.807, 2.05) is 31.2 Å². The summed E-state index contributed by atoms with van der Waals surface area (Å²) in [6, 6.07) is 7.88. The maximum Gasteiger partial charge on any atom is 0.323 e. The fourth-order valence-corrected chi connectivity index (χ4v) is 2.75. The summed E-state index contributed by atoms with van der Waals surface area (Å²) in [5.74, 6) is 0. The van der Waals surface area contributed by atoms with Crippen LogP contribution in [0.4, 0.5) is 9.93 Å². The van der Waals surface area contributed by atoms with Crippen LogP contribution in [-0.2, 0) is 13.0 Å². The van der Waals surface area contributed by atoms with Crippen LogP contribution in [0, 0.1) is 6.92 Å². The van der Waals surface area contributed by atoms with E-state index < -0.39 is 0 Å². The second kappa shape index (κ2) is 7.17. The van der Waals surface area contributed by atoms with Gasteiger partial charge in [0.05, 0.1) is 0 Å². The molecular formula is C15H20N4OS. The van der Waals surface area contributed by atoms with Gasteiger partial charge in [0.25, 0.3) is 0 Å². The van der Waals surface area contributed by atoms with Crippen molar-refractivity contribution in [3.05, 3.63) is 40.4 Å². The van der Waals surface area contributed by atoms with E-state index in [9.17, 15) is 4.79 Å². The first-order valence-corrected chi connectivity index (χ1v) is 7.80. The molecule has 0 saturated carbocycles. The van der Waals surface area contributed by atoms with Crippen LogP contribution in [0.25, 0.3) is 0 Å². The van der Waals surface area contributed by atoms with Crippen molar-refractivity contribution >= 4 is 22.5 Å². The highest BCUT2D eigenvalue weighted by Gasteiger charge is 2.13. The van der Waals surface area contributed by atoms with Crippen molar-refractivity contribution in [3.63, 3.8) is 0 Å². The Kier molecular flexibility index (Phi) is 5.27. The Labute approximate surface area is 129 Å². The summed E-state index contributed by atoms with van der Waals surface area (Å²) in [6.07, 6.45) is 1.92. The highest BCUT2D eigenvalue weighted by molar-refractivity contribution is 7.15. The number of benzene rings is 1. The van der Waals surface area contributed by atoms with Crippen molar-refractivity contribution in [3.8, 4) is 0 Å². The van der Waals surface area contributed by atoms with Crippen molar-refractivity contribution in [2.24, 2.45) is 0 Å². The van der Waals surface area contributed by atoms with E-state index >= 15 is 0 Å². The molecule has 1 heterocycles. The van der Waals surface area contributed by atoms with Gasteiger partial charge < -0.3 is 4.90 Å². The van der Waals surface area contributed by atoms with Crippen molar-refractivity contribution in [1.29, 1.82) is 0 Å². The number of nitrogens with one attached hydrogen (secondary N) is 1. The highest BCUT2D eigenvalue weighted by Crippen LogP contribution is 2.17. The van der Waals surface area contributed by atoms with Gasteiger partial charge in [-0.15, -0.1) is 10.2 Å². The zero-order valence-electron chi connectivity index (χ0n) is 12.6. The summed E-state index contributed by atoms with van der Waals surface area (Å²) in [7, 11) is 1.77. The van der Waals surface area contributed by atoms with Gasteiger partial charge in [0.15, 0.2) is 0 Å². The van der Waals surface area contributed by atoms with Crippen molar-refractivity contribution in [1.82, 2.24) is 15.1 Å². The van der Waals surface area contributed by atoms with Crippen LogP contribution in [0.5, 0.6) is 0 Å². The molecule has 0 aliphatic heterocycles. The standard InChI is InChI=1S/C15H20N4OS/c1-4-7-13-17-18-14(21-13)16-15(20)19(3)10-12-9-6-5-8-11(12)2/h5-6,8-9H,4,7,10H2,1-3H3,(H,16,18,20). The molecular weight excluding hydrogens is 284 g/mol. The average Bonchev–Trinajstić information content (AvgIpc) is 2.89. The fraction of sp³-hybridized carbons (Fsp3) is 0.400. The number of carbonyl (C=O) groups excluding carboxylic acids is 1. The molecule has 5 nitrogen and oxygen atoms in total. The van der Waals surface area contributed by atoms with Crippen LogP contribution in [-0.4, -0.2) is 28.2 Å². The number of hydrogen-bond acceptors (Lipinski definition) is 4. The quantitative estimate of drug-likeness (QED) is 0.920. The highest BCUT2D eigenvalue weighted by atomic mass is 32.1. The van der Waals surface area contributed by atoms with Gasteiger partial charge in [0.2, 0.25) is 5.13 Å². The van der Waals surface area contributed by atoms with Gasteiger partial charge >= 0.3 is 6.03 Å². The van der Waals surface area contributed by atoms with E-state index in [0.29, 0.717) is 11.7 Å². The van der Waals surface area contributed by atoms with Crippen LogP contribution in [0.15, 0.2) is 24.3 Å². The van der Waals surface area contributed by atoms with Gasteiger partial charge in [-0.1, -0.05) is 42.5 Å². The van der Waals surface area contributed by atoms with Crippen LogP contribution >= 0.6 is 11.3 Å². The summed E-state index contributed by atoms with van der Waals surface area (Å²) in [5.41, 5.74) is 2.32. The van der Waals surface area contributed by atoms with Crippen molar-refractivity contribution in [2.45, 2.75) is 33.2 Å². The summed E-state index contributed by atoms with van der Waals surface area (Å²) in [6.45, 7) is 4.71. The lowest BCUT2D eigenvalue weighted by Gasteiger charge is -2.18. The zero-order valence-corrected chi connectivity index (χ0v) is 13.4. The molecule has 2 rings (SSSR count). The Bertz CT molecular complexity index is 611. The molecule has 21 heavy (non-hydrogen) atoms. The minimum Gasteiger partial charge on any atom is -0.323 e. The first-order chi connectivity index (χ1) is 10.1. The minimum absolute atomic E-state index is 0.169. The summed E-state index contributed by atoms with van der Waals surface area (Å²) in [5, 5.41) is 12.3. The third-order valence-corrected chi connectivity index (χ3v) is 4.06. The lowest BCUT2D eigenvalue weighted by atomic mass is 10.1. The average molecular weight is 304 g/mol. The molecule has 1 aromatic heterocycles. The molecule has 2 amide bonds. The van der Waals surface area contributed by atoms with Crippen LogP contribution < -0.4 is 5.32 Å². The number of nitrogens with zero attached hydrogens (tertiary/aromatic N) is 3. The molecule has 0 atom stereocenters. The molecule has 0 saturated heterocycles. The Morgan fingerprint density at radius 3 is 2.81 bits per heavy atom. The molecule has 0 aliphatic carbocycles. The molecule has 0 fully saturated rings. The van der Waals surface area contributed by atoms with Crippen molar-refractivity contribution < 1.29 is 4.79 Å². The smallest absolute Gasteiger partial charge is 0.323 e. The van der Waals surface area contributed by atoms with Crippen molar-refractivity contribution in [2.75, 3.05) is 12.4 Å². The summed E-state index contributed by atoms with van der Waals surface area (Å²) < 4.78 is 0. The largest absolute Gasteiger partial charge is 0.323 e. The van der Waals surface area contributed by atoms with Gasteiger partial charge in [0.1, 0.15) is 5.01 Å². The number of urea groups is 1. The molecule has 6 heteroatoms. The normalized spacial score (nSPS) is 10.4. The summed E-state index contributed by atoms with van der Waals surface area (Å²) >= 11 is 1.43. The van der Waals surface area contributed by atoms with E-state index in [1.54, 1.807) is 11.9 Å². The van der Waals surface area contributed by atoms with Crippen LogP contribution in [0.3, 0.4) is 0 Å². The van der Waals surface area contributed by atoms with E-state index in [0.717, 1.165) is 23.4 Å². The molecule has 1 aromatic carbocycles. The first-order valence-electron chi connectivity index (χ1n) is 6.99. The number of hydrogen-bond donors (Lipinski definition) is 1. The van der Waals surface area contributed by atoms with Crippen LogP contribution in [0.2, 0.25) is 0 Å². The molecule has 2 aromatic rings. The van der Waals surface area contributed by atoms with E-state index in [-0.39, 0.29) is 6.03 Å². The molecule has 0 unspecified atom stereocenters. The molecule has 0 aliphatic rings. The van der Waals surface area contributed by atoms with Gasteiger partial charge in [-0.2, -0.15) is 0 Å². The Hall–Kier alpha value is -1.95. The topological polar surface area (TPSA) is 58.1 Å². The minimum atomic E-state index is -0.169. The van der Waals surface area contributed by atoms with Gasteiger partial charge in [0, 0.05) is 20.0 Å². The molecule has 0 bridgehead atoms. The first kappa shape index (κ1) is 15.4.